The maximum Gasteiger partial charge on any atom is 0.0837 e. The third-order valence-electron chi connectivity index (χ3n) is 5.28. The predicted molar refractivity (Wildman–Crippen MR) is 116 cm³/mol. The molecular formula is C25H26N2O. The van der Waals surface area contributed by atoms with Crippen LogP contribution in [0.3, 0.4) is 0 Å². The van der Waals surface area contributed by atoms with Crippen molar-refractivity contribution >= 4 is 5.57 Å². The van der Waals surface area contributed by atoms with Gasteiger partial charge < -0.3 is 5.11 Å². The van der Waals surface area contributed by atoms with Crippen LogP contribution < -0.4 is 0 Å². The van der Waals surface area contributed by atoms with E-state index in [1.54, 1.807) is 0 Å². The maximum absolute atomic E-state index is 10.3. The molecule has 1 aliphatic rings. The lowest BCUT2D eigenvalue weighted by Crippen LogP contribution is -2.21. The molecule has 28 heavy (non-hydrogen) atoms. The lowest BCUT2D eigenvalue weighted by molar-refractivity contribution is 0.114. The normalized spacial score (nSPS) is 18.9. The van der Waals surface area contributed by atoms with Gasteiger partial charge in [0, 0.05) is 11.8 Å². The van der Waals surface area contributed by atoms with Gasteiger partial charge in [-0.2, -0.15) is 5.10 Å². The zero-order valence-electron chi connectivity index (χ0n) is 16.4. The number of hydrogen-bond acceptors (Lipinski definition) is 2. The third-order valence-corrected chi connectivity index (χ3v) is 5.28. The van der Waals surface area contributed by atoms with Gasteiger partial charge in [-0.25, -0.2) is 0 Å². The second-order valence-corrected chi connectivity index (χ2v) is 7.72. The summed E-state index contributed by atoms with van der Waals surface area (Å²) in [7, 11) is 0. The highest BCUT2D eigenvalue weighted by atomic mass is 16.3. The van der Waals surface area contributed by atoms with Crippen LogP contribution in [0, 0.1) is 0 Å². The van der Waals surface area contributed by atoms with Crippen molar-refractivity contribution in [2.45, 2.75) is 38.7 Å². The van der Waals surface area contributed by atoms with Crippen LogP contribution >= 0.6 is 0 Å². The first-order chi connectivity index (χ1) is 13.6. The van der Waals surface area contributed by atoms with Gasteiger partial charge in [0.25, 0.3) is 0 Å². The Hall–Kier alpha value is -2.91. The summed E-state index contributed by atoms with van der Waals surface area (Å²) in [6.07, 6.45) is 12.7. The number of rotatable bonds is 5. The summed E-state index contributed by atoms with van der Waals surface area (Å²) in [6, 6.07) is 15.1. The topological polar surface area (TPSA) is 48.9 Å². The minimum atomic E-state index is -0.773. The summed E-state index contributed by atoms with van der Waals surface area (Å²) in [5, 5.41) is 17.5. The molecule has 0 spiro atoms. The number of benzene rings is 2. The number of hydrogen-bond donors (Lipinski definition) is 2. The molecule has 2 aromatic carbocycles. The average Bonchev–Trinajstić information content (AvgIpc) is 3.23. The van der Waals surface area contributed by atoms with Crippen molar-refractivity contribution in [2.75, 3.05) is 0 Å². The van der Waals surface area contributed by atoms with Crippen LogP contribution in [0.1, 0.15) is 37.8 Å². The Morgan fingerprint density at radius 3 is 2.54 bits per heavy atom. The summed E-state index contributed by atoms with van der Waals surface area (Å²) in [5.74, 6) is 0. The number of H-pyrrole nitrogens is 1. The molecule has 0 saturated carbocycles. The van der Waals surface area contributed by atoms with E-state index in [9.17, 15) is 5.11 Å². The molecule has 1 atom stereocenters. The minimum absolute atomic E-state index is 0.617. The van der Waals surface area contributed by atoms with Crippen LogP contribution in [0.15, 0.2) is 73.1 Å². The Labute approximate surface area is 166 Å². The number of nitrogens with zero attached hydrogens (tertiary/aromatic N) is 1. The fourth-order valence-electron chi connectivity index (χ4n) is 3.83. The van der Waals surface area contributed by atoms with E-state index in [4.69, 9.17) is 0 Å². The van der Waals surface area contributed by atoms with Crippen molar-refractivity contribution in [1.82, 2.24) is 10.2 Å². The molecule has 142 valence electrons. The zero-order valence-corrected chi connectivity index (χ0v) is 16.4. The van der Waals surface area contributed by atoms with Crippen molar-refractivity contribution < 1.29 is 5.11 Å². The summed E-state index contributed by atoms with van der Waals surface area (Å²) >= 11 is 0. The Morgan fingerprint density at radius 1 is 1.11 bits per heavy atom. The van der Waals surface area contributed by atoms with Gasteiger partial charge in [0.1, 0.15) is 0 Å². The van der Waals surface area contributed by atoms with Gasteiger partial charge in [-0.05, 0) is 53.2 Å². The van der Waals surface area contributed by atoms with Gasteiger partial charge in [0.15, 0.2) is 0 Å². The smallest absolute Gasteiger partial charge is 0.0837 e. The molecule has 0 amide bonds. The van der Waals surface area contributed by atoms with Crippen LogP contribution in [0.5, 0.6) is 0 Å². The van der Waals surface area contributed by atoms with E-state index in [0.29, 0.717) is 6.42 Å². The standard InChI is InChI=1S/C25H26N2O/c1-3-7-18-14-22(19-10-12-25(2,28)13-11-19)24(20-8-5-4-6-9-20)23(15-18)21-16-26-27-17-21/h4-6,8-12,14-17,28H,3,7,13H2,1-2H3,(H,26,27). The first kappa shape index (κ1) is 18.5. The highest BCUT2D eigenvalue weighted by Gasteiger charge is 2.22. The SMILES string of the molecule is CCCc1cc(C2=CCC(C)(O)C=C2)c(-c2ccccc2)c(-c2cn[nH]c2)c1. The highest BCUT2D eigenvalue weighted by Crippen LogP contribution is 2.41. The van der Waals surface area contributed by atoms with Gasteiger partial charge in [-0.3, -0.25) is 5.10 Å². The largest absolute Gasteiger partial charge is 0.386 e. The van der Waals surface area contributed by atoms with Gasteiger partial charge >= 0.3 is 0 Å². The van der Waals surface area contributed by atoms with Crippen LogP contribution in [0.25, 0.3) is 27.8 Å². The highest BCUT2D eigenvalue weighted by molar-refractivity contribution is 5.95. The molecule has 4 rings (SSSR count). The van der Waals surface area contributed by atoms with E-state index in [-0.39, 0.29) is 0 Å². The molecule has 3 aromatic rings. The predicted octanol–water partition coefficient (Wildman–Crippen LogP) is 5.79. The average molecular weight is 370 g/mol. The number of allylic oxidation sites excluding steroid dienone is 2. The molecule has 1 aromatic heterocycles. The Kier molecular flexibility index (Phi) is 5.01. The van der Waals surface area contributed by atoms with Crippen LogP contribution in [-0.4, -0.2) is 20.9 Å². The second-order valence-electron chi connectivity index (χ2n) is 7.72. The lowest BCUT2D eigenvalue weighted by Gasteiger charge is -2.24. The summed E-state index contributed by atoms with van der Waals surface area (Å²) < 4.78 is 0. The first-order valence-electron chi connectivity index (χ1n) is 9.91. The molecule has 3 nitrogen and oxygen atoms in total. The van der Waals surface area contributed by atoms with E-state index >= 15 is 0 Å². The van der Waals surface area contributed by atoms with Gasteiger partial charge in [0.05, 0.1) is 11.8 Å². The van der Waals surface area contributed by atoms with E-state index in [0.717, 1.165) is 24.0 Å². The van der Waals surface area contributed by atoms with Crippen LogP contribution in [0.4, 0.5) is 0 Å². The van der Waals surface area contributed by atoms with E-state index in [1.807, 2.05) is 31.5 Å². The molecule has 1 heterocycles. The first-order valence-corrected chi connectivity index (χ1v) is 9.91. The van der Waals surface area contributed by atoms with E-state index in [2.05, 4.69) is 65.7 Å². The van der Waals surface area contributed by atoms with Gasteiger partial charge in [0.2, 0.25) is 0 Å². The molecule has 3 heteroatoms. The van der Waals surface area contributed by atoms with Crippen molar-refractivity contribution in [2.24, 2.45) is 0 Å². The summed E-state index contributed by atoms with van der Waals surface area (Å²) in [5.41, 5.74) is 7.58. The number of aromatic amines is 1. The molecule has 0 saturated heterocycles. The Balaban J connectivity index is 1.98. The Morgan fingerprint density at radius 2 is 1.89 bits per heavy atom. The van der Waals surface area contributed by atoms with Crippen molar-refractivity contribution in [3.63, 3.8) is 0 Å². The molecule has 0 fully saturated rings. The van der Waals surface area contributed by atoms with Crippen molar-refractivity contribution in [1.29, 1.82) is 0 Å². The zero-order chi connectivity index (χ0) is 19.6. The minimum Gasteiger partial charge on any atom is -0.386 e. The summed E-state index contributed by atoms with van der Waals surface area (Å²) in [4.78, 5) is 0. The van der Waals surface area contributed by atoms with E-state index in [1.165, 1.54) is 27.8 Å². The molecule has 2 N–H and O–H groups in total. The fraction of sp³-hybridized carbons (Fsp3) is 0.240. The molecular weight excluding hydrogens is 344 g/mol. The molecule has 1 unspecified atom stereocenters. The van der Waals surface area contributed by atoms with E-state index < -0.39 is 5.60 Å². The number of aliphatic hydroxyl groups is 1. The van der Waals surface area contributed by atoms with Crippen LogP contribution in [0.2, 0.25) is 0 Å². The Bertz CT molecular complexity index is 1010. The van der Waals surface area contributed by atoms with Gasteiger partial charge in [-0.1, -0.05) is 74.0 Å². The fourth-order valence-corrected chi connectivity index (χ4v) is 3.83. The monoisotopic (exact) mass is 370 g/mol. The molecule has 0 aliphatic heterocycles. The lowest BCUT2D eigenvalue weighted by atomic mass is 9.83. The third kappa shape index (κ3) is 3.71. The number of aryl methyl sites for hydroxylation is 1. The number of nitrogens with one attached hydrogen (secondary N) is 1. The number of aromatic nitrogens is 2. The van der Waals surface area contributed by atoms with Crippen molar-refractivity contribution in [3.8, 4) is 22.3 Å². The van der Waals surface area contributed by atoms with Crippen LogP contribution in [-0.2, 0) is 6.42 Å². The molecule has 1 aliphatic carbocycles. The molecule has 0 radical (unpaired) electrons. The van der Waals surface area contributed by atoms with Gasteiger partial charge in [-0.15, -0.1) is 0 Å². The molecule has 0 bridgehead atoms. The quantitative estimate of drug-likeness (QED) is 0.597. The second kappa shape index (κ2) is 7.61. The summed E-state index contributed by atoms with van der Waals surface area (Å²) in [6.45, 7) is 4.05. The maximum atomic E-state index is 10.3. The van der Waals surface area contributed by atoms with Crippen molar-refractivity contribution in [3.05, 3.63) is 84.2 Å².